The molecule has 0 unspecified atom stereocenters. The van der Waals surface area contributed by atoms with Crippen LogP contribution in [0.3, 0.4) is 0 Å². The van der Waals surface area contributed by atoms with Gasteiger partial charge in [0, 0.05) is 33.7 Å². The molecular weight excluding hydrogens is 196 g/mol. The molecular formula is C11H24OTi. The first-order valence-electron chi connectivity index (χ1n) is 5.00. The van der Waals surface area contributed by atoms with Crippen molar-refractivity contribution in [3.05, 3.63) is 0 Å². The number of rotatable bonds is 4. The summed E-state index contributed by atoms with van der Waals surface area (Å²) in [5.74, 6) is 1.63. The van der Waals surface area contributed by atoms with Gasteiger partial charge in [-0.15, -0.1) is 0 Å². The SMILES string of the molecule is CC(C)C(CO)(C(C)C)C(C)C.[Ti]. The largest absolute Gasteiger partial charge is 0.396 e. The molecule has 13 heavy (non-hydrogen) atoms. The van der Waals surface area contributed by atoms with Crippen molar-refractivity contribution in [3.8, 4) is 0 Å². The predicted molar refractivity (Wildman–Crippen MR) is 54.0 cm³/mol. The van der Waals surface area contributed by atoms with E-state index in [2.05, 4.69) is 41.5 Å². The van der Waals surface area contributed by atoms with Crippen LogP contribution in [-0.4, -0.2) is 11.7 Å². The molecule has 0 atom stereocenters. The Balaban J connectivity index is 0. The molecule has 0 saturated heterocycles. The van der Waals surface area contributed by atoms with Crippen LogP contribution in [0.15, 0.2) is 0 Å². The Morgan fingerprint density at radius 1 is 0.846 bits per heavy atom. The molecule has 0 aromatic rings. The zero-order chi connectivity index (χ0) is 9.94. The summed E-state index contributed by atoms with van der Waals surface area (Å²) in [4.78, 5) is 0. The quantitative estimate of drug-likeness (QED) is 0.722. The van der Waals surface area contributed by atoms with E-state index in [1.807, 2.05) is 0 Å². The van der Waals surface area contributed by atoms with Crippen molar-refractivity contribution < 1.29 is 26.8 Å². The number of aliphatic hydroxyl groups excluding tert-OH is 1. The molecule has 78 valence electrons. The molecule has 0 aliphatic rings. The summed E-state index contributed by atoms with van der Waals surface area (Å²) in [5.41, 5.74) is 0.0972. The van der Waals surface area contributed by atoms with Crippen molar-refractivity contribution in [1.29, 1.82) is 0 Å². The van der Waals surface area contributed by atoms with Gasteiger partial charge in [-0.05, 0) is 17.8 Å². The Labute approximate surface area is 98.2 Å². The molecule has 0 amide bonds. The van der Waals surface area contributed by atoms with E-state index in [4.69, 9.17) is 0 Å². The zero-order valence-electron chi connectivity index (χ0n) is 9.89. The van der Waals surface area contributed by atoms with Crippen LogP contribution < -0.4 is 0 Å². The molecule has 0 aromatic carbocycles. The van der Waals surface area contributed by atoms with Crippen molar-refractivity contribution in [1.82, 2.24) is 0 Å². The first-order valence-corrected chi connectivity index (χ1v) is 5.00. The smallest absolute Gasteiger partial charge is 0.0494 e. The van der Waals surface area contributed by atoms with E-state index in [0.717, 1.165) is 0 Å². The average molecular weight is 220 g/mol. The van der Waals surface area contributed by atoms with Crippen LogP contribution in [0.25, 0.3) is 0 Å². The van der Waals surface area contributed by atoms with Gasteiger partial charge in [0.05, 0.1) is 0 Å². The molecule has 1 N–H and O–H groups in total. The Kier molecular flexibility index (Phi) is 7.70. The number of hydrogen-bond acceptors (Lipinski definition) is 1. The monoisotopic (exact) mass is 220 g/mol. The fourth-order valence-electron chi connectivity index (χ4n) is 2.55. The first-order chi connectivity index (χ1) is 5.39. The minimum atomic E-state index is 0. The van der Waals surface area contributed by atoms with Gasteiger partial charge in [-0.3, -0.25) is 0 Å². The van der Waals surface area contributed by atoms with E-state index in [9.17, 15) is 5.11 Å². The van der Waals surface area contributed by atoms with E-state index in [1.54, 1.807) is 0 Å². The zero-order valence-corrected chi connectivity index (χ0v) is 11.4. The Bertz CT molecular complexity index is 108. The van der Waals surface area contributed by atoms with Crippen molar-refractivity contribution in [2.24, 2.45) is 23.2 Å². The van der Waals surface area contributed by atoms with Crippen LogP contribution in [0.5, 0.6) is 0 Å². The third-order valence-corrected chi connectivity index (χ3v) is 3.50. The molecule has 0 fully saturated rings. The second-order valence-electron chi connectivity index (χ2n) is 4.73. The molecule has 0 bridgehead atoms. The van der Waals surface area contributed by atoms with E-state index < -0.39 is 0 Å². The molecule has 0 saturated carbocycles. The van der Waals surface area contributed by atoms with Crippen LogP contribution in [-0.2, 0) is 21.7 Å². The molecule has 0 aliphatic carbocycles. The second-order valence-corrected chi connectivity index (χ2v) is 4.73. The van der Waals surface area contributed by atoms with Crippen molar-refractivity contribution in [2.45, 2.75) is 41.5 Å². The molecule has 0 rings (SSSR count). The fraction of sp³-hybridized carbons (Fsp3) is 1.00. The third-order valence-electron chi connectivity index (χ3n) is 3.50. The molecule has 0 aliphatic heterocycles. The Morgan fingerprint density at radius 2 is 1.08 bits per heavy atom. The van der Waals surface area contributed by atoms with Gasteiger partial charge in [0.15, 0.2) is 0 Å². The maximum Gasteiger partial charge on any atom is 0.0494 e. The molecule has 0 radical (unpaired) electrons. The third kappa shape index (κ3) is 3.07. The van der Waals surface area contributed by atoms with Crippen molar-refractivity contribution >= 4 is 0 Å². The Morgan fingerprint density at radius 3 is 1.08 bits per heavy atom. The molecule has 0 aromatic heterocycles. The minimum Gasteiger partial charge on any atom is -0.396 e. The van der Waals surface area contributed by atoms with Gasteiger partial charge in [-0.1, -0.05) is 41.5 Å². The van der Waals surface area contributed by atoms with E-state index in [-0.39, 0.29) is 27.1 Å². The topological polar surface area (TPSA) is 20.2 Å². The summed E-state index contributed by atoms with van der Waals surface area (Å²) < 4.78 is 0. The maximum absolute atomic E-state index is 9.49. The maximum atomic E-state index is 9.49. The Hall–Kier alpha value is 0.674. The normalized spacial score (nSPS) is 12.5. The van der Waals surface area contributed by atoms with Gasteiger partial charge < -0.3 is 5.11 Å². The molecule has 2 heteroatoms. The van der Waals surface area contributed by atoms with E-state index in [1.165, 1.54) is 0 Å². The second kappa shape index (κ2) is 6.21. The minimum absolute atomic E-state index is 0. The summed E-state index contributed by atoms with van der Waals surface area (Å²) in [7, 11) is 0. The molecule has 0 spiro atoms. The standard InChI is InChI=1S/C11H24O.Ti/c1-8(2)11(7-12,9(3)4)10(5)6;/h8-10,12H,7H2,1-6H3;. The van der Waals surface area contributed by atoms with Crippen LogP contribution in [0.4, 0.5) is 0 Å². The van der Waals surface area contributed by atoms with E-state index in [0.29, 0.717) is 24.4 Å². The summed E-state index contributed by atoms with van der Waals surface area (Å²) in [6, 6.07) is 0. The average Bonchev–Trinajstić information content (AvgIpc) is 1.86. The first kappa shape index (κ1) is 16.1. The summed E-state index contributed by atoms with van der Waals surface area (Å²) >= 11 is 0. The van der Waals surface area contributed by atoms with E-state index >= 15 is 0 Å². The fourth-order valence-corrected chi connectivity index (χ4v) is 2.55. The van der Waals surface area contributed by atoms with Gasteiger partial charge in [-0.25, -0.2) is 0 Å². The van der Waals surface area contributed by atoms with Gasteiger partial charge >= 0.3 is 0 Å². The summed E-state index contributed by atoms with van der Waals surface area (Å²) in [6.45, 7) is 13.5. The van der Waals surface area contributed by atoms with Crippen molar-refractivity contribution in [3.63, 3.8) is 0 Å². The van der Waals surface area contributed by atoms with Crippen molar-refractivity contribution in [2.75, 3.05) is 6.61 Å². The predicted octanol–water partition coefficient (Wildman–Crippen LogP) is 2.93. The van der Waals surface area contributed by atoms with Gasteiger partial charge in [-0.2, -0.15) is 0 Å². The number of aliphatic hydroxyl groups is 1. The van der Waals surface area contributed by atoms with Gasteiger partial charge in [0.1, 0.15) is 0 Å². The summed E-state index contributed by atoms with van der Waals surface area (Å²) in [5, 5.41) is 9.49. The van der Waals surface area contributed by atoms with Gasteiger partial charge in [0.2, 0.25) is 0 Å². The summed E-state index contributed by atoms with van der Waals surface area (Å²) in [6.07, 6.45) is 0. The van der Waals surface area contributed by atoms with Crippen LogP contribution in [0, 0.1) is 23.2 Å². The van der Waals surface area contributed by atoms with Crippen LogP contribution in [0.1, 0.15) is 41.5 Å². The molecule has 1 nitrogen and oxygen atoms in total. The number of hydrogen-bond donors (Lipinski definition) is 1. The van der Waals surface area contributed by atoms with Crippen LogP contribution in [0.2, 0.25) is 0 Å². The molecule has 0 heterocycles. The van der Waals surface area contributed by atoms with Gasteiger partial charge in [0.25, 0.3) is 0 Å². The van der Waals surface area contributed by atoms with Crippen LogP contribution >= 0.6 is 0 Å².